The molecule has 0 aliphatic carbocycles. The number of H-pyrrole nitrogens is 1. The van der Waals surface area contributed by atoms with Gasteiger partial charge in [0.05, 0.1) is 16.6 Å². The summed E-state index contributed by atoms with van der Waals surface area (Å²) >= 11 is 6.35. The zero-order valence-electron chi connectivity index (χ0n) is 18.7. The second-order valence-electron chi connectivity index (χ2n) is 8.16. The average Bonchev–Trinajstić information content (AvgIpc) is 3.42. The number of carboxylic acids is 1. The molecule has 4 rings (SSSR count). The van der Waals surface area contributed by atoms with Crippen molar-refractivity contribution in [2.24, 2.45) is 0 Å². The van der Waals surface area contributed by atoms with Crippen molar-refractivity contribution in [3.8, 4) is 28.6 Å². The molecule has 1 unspecified atom stereocenters. The maximum Gasteiger partial charge on any atom is 0.320 e. The molecule has 0 fully saturated rings. The molecule has 2 heterocycles. The molecule has 0 aliphatic rings. The van der Waals surface area contributed by atoms with Crippen LogP contribution in [0.3, 0.4) is 0 Å². The molecule has 0 saturated heterocycles. The number of nitrogens with zero attached hydrogens (tertiary/aromatic N) is 2. The number of aromatic nitrogens is 3. The predicted molar refractivity (Wildman–Crippen MR) is 126 cm³/mol. The van der Waals surface area contributed by atoms with Crippen molar-refractivity contribution in [3.05, 3.63) is 53.2 Å². The van der Waals surface area contributed by atoms with Crippen molar-refractivity contribution in [2.75, 3.05) is 0 Å². The molecule has 0 saturated carbocycles. The molecule has 2 aromatic heterocycles. The summed E-state index contributed by atoms with van der Waals surface area (Å²) in [5, 5.41) is 17.9. The smallest absolute Gasteiger partial charge is 0.320 e. The molecule has 172 valence electrons. The molecule has 2 aromatic carbocycles. The Morgan fingerprint density at radius 1 is 1.21 bits per heavy atom. The summed E-state index contributed by atoms with van der Waals surface area (Å²) in [6.07, 6.45) is 1.88. The van der Waals surface area contributed by atoms with Gasteiger partial charge < -0.3 is 19.4 Å². The van der Waals surface area contributed by atoms with Crippen LogP contribution in [0.2, 0.25) is 5.02 Å². The topological polar surface area (TPSA) is 113 Å². The van der Waals surface area contributed by atoms with Crippen LogP contribution in [-0.2, 0) is 4.79 Å². The van der Waals surface area contributed by atoms with E-state index in [0.717, 1.165) is 22.0 Å². The number of aliphatic carboxylic acids is 1. The molecule has 8 nitrogen and oxygen atoms in total. The first kappa shape index (κ1) is 22.8. The van der Waals surface area contributed by atoms with E-state index in [1.165, 1.54) is 0 Å². The summed E-state index contributed by atoms with van der Waals surface area (Å²) in [6, 6.07) is 10.3. The number of nitrogens with one attached hydrogen (secondary N) is 2. The van der Waals surface area contributed by atoms with Crippen LogP contribution in [0.15, 0.2) is 47.1 Å². The van der Waals surface area contributed by atoms with Gasteiger partial charge in [0.1, 0.15) is 11.8 Å². The van der Waals surface area contributed by atoms with Crippen LogP contribution < -0.4 is 10.1 Å². The van der Waals surface area contributed by atoms with Gasteiger partial charge in [0.25, 0.3) is 5.89 Å². The normalized spacial score (nSPS) is 13.4. The van der Waals surface area contributed by atoms with E-state index in [1.54, 1.807) is 19.1 Å². The first-order chi connectivity index (χ1) is 15.7. The van der Waals surface area contributed by atoms with Crippen molar-refractivity contribution in [3.63, 3.8) is 0 Å². The monoisotopic (exact) mass is 468 g/mol. The highest BCUT2D eigenvalue weighted by atomic mass is 35.5. The maximum absolute atomic E-state index is 11.2. The zero-order chi connectivity index (χ0) is 23.7. The number of benzene rings is 2. The van der Waals surface area contributed by atoms with Gasteiger partial charge in [-0.05, 0) is 57.5 Å². The summed E-state index contributed by atoms with van der Waals surface area (Å²) in [5.74, 6) is 0.476. The molecular formula is C24H25ClN4O4. The van der Waals surface area contributed by atoms with Gasteiger partial charge in [-0.3, -0.25) is 10.1 Å². The van der Waals surface area contributed by atoms with Crippen molar-refractivity contribution >= 4 is 28.5 Å². The minimum absolute atomic E-state index is 0.0137. The van der Waals surface area contributed by atoms with Crippen molar-refractivity contribution in [1.29, 1.82) is 0 Å². The Labute approximate surface area is 195 Å². The Morgan fingerprint density at radius 2 is 2.00 bits per heavy atom. The lowest BCUT2D eigenvalue weighted by atomic mass is 10.0. The third-order valence-corrected chi connectivity index (χ3v) is 5.59. The summed E-state index contributed by atoms with van der Waals surface area (Å²) < 4.78 is 11.2. The number of carbonyl (C=O) groups is 1. The number of ether oxygens (including phenoxy) is 1. The van der Waals surface area contributed by atoms with Gasteiger partial charge in [-0.2, -0.15) is 4.98 Å². The highest BCUT2D eigenvalue weighted by Gasteiger charge is 2.20. The number of rotatable bonds is 8. The first-order valence-corrected chi connectivity index (χ1v) is 11.0. The number of halogens is 1. The predicted octanol–water partition coefficient (Wildman–Crippen LogP) is 5.45. The van der Waals surface area contributed by atoms with Crippen LogP contribution in [-0.4, -0.2) is 38.3 Å². The number of fused-ring (bicyclic) bond motifs is 1. The molecule has 0 amide bonds. The molecule has 2 atom stereocenters. The van der Waals surface area contributed by atoms with Crippen LogP contribution in [0, 0.1) is 0 Å². The van der Waals surface area contributed by atoms with E-state index < -0.39 is 12.0 Å². The van der Waals surface area contributed by atoms with Crippen molar-refractivity contribution < 1.29 is 19.2 Å². The Morgan fingerprint density at radius 3 is 2.70 bits per heavy atom. The minimum Gasteiger partial charge on any atom is -0.489 e. The van der Waals surface area contributed by atoms with Gasteiger partial charge in [-0.25, -0.2) is 0 Å². The van der Waals surface area contributed by atoms with Crippen LogP contribution in [0.1, 0.15) is 39.3 Å². The van der Waals surface area contributed by atoms with Gasteiger partial charge in [0, 0.05) is 28.8 Å². The summed E-state index contributed by atoms with van der Waals surface area (Å²) in [6.45, 7) is 7.42. The highest BCUT2D eigenvalue weighted by molar-refractivity contribution is 6.32. The Balaban J connectivity index is 1.64. The lowest BCUT2D eigenvalue weighted by molar-refractivity contribution is -0.139. The molecule has 0 aliphatic heterocycles. The number of para-hydroxylation sites is 1. The number of aromatic amines is 1. The third-order valence-electron chi connectivity index (χ3n) is 5.29. The van der Waals surface area contributed by atoms with Crippen LogP contribution in [0.25, 0.3) is 33.7 Å². The largest absolute Gasteiger partial charge is 0.489 e. The van der Waals surface area contributed by atoms with E-state index in [-0.39, 0.29) is 12.1 Å². The number of hydrogen-bond donors (Lipinski definition) is 3. The molecular weight excluding hydrogens is 444 g/mol. The molecule has 33 heavy (non-hydrogen) atoms. The SMILES string of the molecule is CC(C)Oc1ccc(-c2nc(-c3cccc4c(C(C)N[C@@H](C)C(=O)O)c[nH]c34)no2)cc1Cl. The molecule has 9 heteroatoms. The van der Waals surface area contributed by atoms with E-state index in [1.807, 2.05) is 51.2 Å². The second kappa shape index (κ2) is 9.25. The second-order valence-corrected chi connectivity index (χ2v) is 8.56. The zero-order valence-corrected chi connectivity index (χ0v) is 19.5. The summed E-state index contributed by atoms with van der Waals surface area (Å²) in [4.78, 5) is 19.0. The number of carboxylic acid groups (broad SMARTS) is 1. The van der Waals surface area contributed by atoms with E-state index in [0.29, 0.717) is 28.1 Å². The average molecular weight is 469 g/mol. The fourth-order valence-electron chi connectivity index (χ4n) is 3.69. The van der Waals surface area contributed by atoms with E-state index in [2.05, 4.69) is 20.4 Å². The van der Waals surface area contributed by atoms with Gasteiger partial charge in [0.15, 0.2) is 0 Å². The highest BCUT2D eigenvalue weighted by Crippen LogP contribution is 2.34. The van der Waals surface area contributed by atoms with E-state index >= 15 is 0 Å². The number of hydrogen-bond acceptors (Lipinski definition) is 6. The fraction of sp³-hybridized carbons (Fsp3) is 0.292. The lowest BCUT2D eigenvalue weighted by Crippen LogP contribution is -2.35. The molecule has 0 spiro atoms. The van der Waals surface area contributed by atoms with Crippen LogP contribution in [0.4, 0.5) is 0 Å². The fourth-order valence-corrected chi connectivity index (χ4v) is 3.92. The van der Waals surface area contributed by atoms with Crippen molar-refractivity contribution in [1.82, 2.24) is 20.4 Å². The quantitative estimate of drug-likeness (QED) is 0.315. The molecule has 0 bridgehead atoms. The van der Waals surface area contributed by atoms with E-state index in [9.17, 15) is 9.90 Å². The van der Waals surface area contributed by atoms with Gasteiger partial charge >= 0.3 is 5.97 Å². The molecule has 0 radical (unpaired) electrons. The van der Waals surface area contributed by atoms with Gasteiger partial charge in [0.2, 0.25) is 5.82 Å². The Hall–Kier alpha value is -3.36. The van der Waals surface area contributed by atoms with Gasteiger partial charge in [-0.1, -0.05) is 28.9 Å². The van der Waals surface area contributed by atoms with Crippen LogP contribution in [0.5, 0.6) is 5.75 Å². The van der Waals surface area contributed by atoms with E-state index in [4.69, 9.17) is 20.9 Å². The maximum atomic E-state index is 11.2. The van der Waals surface area contributed by atoms with Crippen LogP contribution >= 0.6 is 11.6 Å². The van der Waals surface area contributed by atoms with Crippen molar-refractivity contribution in [2.45, 2.75) is 45.9 Å². The first-order valence-electron chi connectivity index (χ1n) is 10.6. The standard InChI is InChI=1S/C24H25ClN4O4/c1-12(2)32-20-9-8-15(10-19(20)25)23-28-22(29-33-23)17-7-5-6-16-18(11-26-21(16)17)13(3)27-14(4)24(30)31/h5-14,26-27H,1-4H3,(H,30,31)/t13?,14-/m0/s1. The lowest BCUT2D eigenvalue weighted by Gasteiger charge is -2.16. The summed E-state index contributed by atoms with van der Waals surface area (Å²) in [5.41, 5.74) is 3.26. The molecule has 4 aromatic rings. The van der Waals surface area contributed by atoms with Gasteiger partial charge in [-0.15, -0.1) is 0 Å². The third kappa shape index (κ3) is 4.72. The summed E-state index contributed by atoms with van der Waals surface area (Å²) in [7, 11) is 0. The Kier molecular flexibility index (Phi) is 6.40. The minimum atomic E-state index is -0.898. The molecule has 3 N–H and O–H groups in total. The Bertz CT molecular complexity index is 1300.